The fourth-order valence-electron chi connectivity index (χ4n) is 3.21. The lowest BCUT2D eigenvalue weighted by atomic mass is 9.99. The molecular weight excluding hydrogens is 361 g/mol. The molecule has 3 aromatic carbocycles. The van der Waals surface area contributed by atoms with Gasteiger partial charge in [-0.15, -0.1) is 0 Å². The van der Waals surface area contributed by atoms with E-state index in [4.69, 9.17) is 0 Å². The summed E-state index contributed by atoms with van der Waals surface area (Å²) in [7, 11) is 0. The van der Waals surface area contributed by atoms with Crippen molar-refractivity contribution in [3.63, 3.8) is 0 Å². The molecule has 28 heavy (non-hydrogen) atoms. The topological polar surface area (TPSA) is 9.23 Å². The Kier molecular flexibility index (Phi) is 6.75. The summed E-state index contributed by atoms with van der Waals surface area (Å²) in [6.45, 7) is -0.737. The van der Waals surface area contributed by atoms with Crippen LogP contribution in [0.2, 0.25) is 0 Å². The zero-order valence-corrected chi connectivity index (χ0v) is 15.8. The zero-order chi connectivity index (χ0) is 19.9. The summed E-state index contributed by atoms with van der Waals surface area (Å²) in [6, 6.07) is 20.1. The van der Waals surface area contributed by atoms with Crippen LogP contribution in [0.3, 0.4) is 0 Å². The highest BCUT2D eigenvalue weighted by atomic mass is 19.3. The van der Waals surface area contributed by atoms with Crippen LogP contribution in [0.25, 0.3) is 11.1 Å². The van der Waals surface area contributed by atoms with E-state index in [1.807, 2.05) is 36.4 Å². The van der Waals surface area contributed by atoms with Crippen molar-refractivity contribution in [2.75, 3.05) is 0 Å². The van der Waals surface area contributed by atoms with Crippen molar-refractivity contribution in [3.05, 3.63) is 89.2 Å². The van der Waals surface area contributed by atoms with Crippen molar-refractivity contribution in [3.8, 4) is 16.9 Å². The van der Waals surface area contributed by atoms with Crippen LogP contribution in [0, 0.1) is 5.82 Å². The Hall–Kier alpha value is -2.75. The number of halogens is 3. The molecule has 0 aliphatic carbocycles. The molecule has 146 valence electrons. The van der Waals surface area contributed by atoms with Crippen molar-refractivity contribution in [2.24, 2.45) is 0 Å². The third kappa shape index (κ3) is 5.38. The van der Waals surface area contributed by atoms with Crippen LogP contribution >= 0.6 is 0 Å². The highest BCUT2D eigenvalue weighted by Crippen LogP contribution is 2.24. The Labute approximate surface area is 163 Å². The van der Waals surface area contributed by atoms with Gasteiger partial charge in [0.1, 0.15) is 11.6 Å². The molecule has 0 N–H and O–H groups in total. The van der Waals surface area contributed by atoms with Crippen LogP contribution in [0.4, 0.5) is 13.2 Å². The number of alkyl halides is 2. The molecule has 0 fully saturated rings. The molecule has 0 saturated heterocycles. The van der Waals surface area contributed by atoms with Crippen LogP contribution in [-0.2, 0) is 19.3 Å². The van der Waals surface area contributed by atoms with Crippen molar-refractivity contribution in [1.29, 1.82) is 0 Å². The van der Waals surface area contributed by atoms with Gasteiger partial charge < -0.3 is 4.74 Å². The summed E-state index contributed by atoms with van der Waals surface area (Å²) in [5.74, 6) is 0.0102. The van der Waals surface area contributed by atoms with Gasteiger partial charge in [0, 0.05) is 0 Å². The monoisotopic (exact) mass is 384 g/mol. The third-order valence-electron chi connectivity index (χ3n) is 4.71. The van der Waals surface area contributed by atoms with Gasteiger partial charge >= 0.3 is 6.61 Å². The van der Waals surface area contributed by atoms with Gasteiger partial charge in [0.25, 0.3) is 0 Å². The van der Waals surface area contributed by atoms with E-state index in [0.717, 1.165) is 47.1 Å². The largest absolute Gasteiger partial charge is 0.435 e. The van der Waals surface area contributed by atoms with E-state index in [1.165, 1.54) is 12.1 Å². The van der Waals surface area contributed by atoms with Crippen molar-refractivity contribution in [2.45, 2.75) is 39.2 Å². The average molecular weight is 384 g/mol. The lowest BCUT2D eigenvalue weighted by Gasteiger charge is -2.08. The van der Waals surface area contributed by atoms with Crippen LogP contribution in [0.15, 0.2) is 66.7 Å². The predicted octanol–water partition coefficient (Wildman–Crippen LogP) is 6.83. The van der Waals surface area contributed by atoms with Gasteiger partial charge in [-0.25, -0.2) is 4.39 Å². The normalized spacial score (nSPS) is 11.0. The molecule has 0 heterocycles. The summed E-state index contributed by atoms with van der Waals surface area (Å²) in [5.41, 5.74) is 4.81. The molecule has 4 heteroatoms. The number of aryl methyl sites for hydroxylation is 3. The van der Waals surface area contributed by atoms with E-state index in [1.54, 1.807) is 18.2 Å². The molecule has 0 aliphatic rings. The SMILES string of the molecule is CCCc1ccc(CCc2ccc(-c3ccc(OC(F)F)cc3)cc2)c(F)c1. The summed E-state index contributed by atoms with van der Waals surface area (Å²) >= 11 is 0. The van der Waals surface area contributed by atoms with Gasteiger partial charge in [-0.05, 0) is 65.3 Å². The first-order chi connectivity index (χ1) is 13.5. The van der Waals surface area contributed by atoms with Gasteiger partial charge in [-0.2, -0.15) is 8.78 Å². The number of hydrogen-bond acceptors (Lipinski definition) is 1. The summed E-state index contributed by atoms with van der Waals surface area (Å²) in [5, 5.41) is 0. The molecule has 0 aromatic heterocycles. The molecule has 0 unspecified atom stereocenters. The van der Waals surface area contributed by atoms with Crippen molar-refractivity contribution >= 4 is 0 Å². The van der Waals surface area contributed by atoms with Gasteiger partial charge in [-0.1, -0.05) is 61.9 Å². The minimum atomic E-state index is -2.82. The second-order valence-corrected chi connectivity index (χ2v) is 6.78. The first-order valence-electron chi connectivity index (χ1n) is 9.46. The fraction of sp³-hybridized carbons (Fsp3) is 0.250. The maximum absolute atomic E-state index is 14.2. The summed E-state index contributed by atoms with van der Waals surface area (Å²) < 4.78 is 43.0. The molecule has 0 atom stereocenters. The highest BCUT2D eigenvalue weighted by molar-refractivity contribution is 5.64. The molecule has 0 radical (unpaired) electrons. The van der Waals surface area contributed by atoms with Crippen molar-refractivity contribution < 1.29 is 17.9 Å². The lowest BCUT2D eigenvalue weighted by Crippen LogP contribution is -2.01. The Morgan fingerprint density at radius 1 is 0.750 bits per heavy atom. The van der Waals surface area contributed by atoms with Gasteiger partial charge in [0.05, 0.1) is 0 Å². The standard InChI is InChI=1S/C24H23F3O/c1-2-3-18-7-11-21(23(25)16-18)10-6-17-4-8-19(9-5-17)20-12-14-22(15-13-20)28-24(26)27/h4-5,7-9,11-16,24H,2-3,6,10H2,1H3. The summed E-state index contributed by atoms with van der Waals surface area (Å²) in [6.07, 6.45) is 3.31. The minimum absolute atomic E-state index is 0.131. The molecule has 3 rings (SSSR count). The molecule has 0 aliphatic heterocycles. The molecule has 0 spiro atoms. The van der Waals surface area contributed by atoms with E-state index in [9.17, 15) is 13.2 Å². The first kappa shape index (κ1) is 20.0. The van der Waals surface area contributed by atoms with E-state index in [0.29, 0.717) is 6.42 Å². The number of benzene rings is 3. The second-order valence-electron chi connectivity index (χ2n) is 6.78. The number of hydrogen-bond donors (Lipinski definition) is 0. The quantitative estimate of drug-likeness (QED) is 0.413. The van der Waals surface area contributed by atoms with E-state index in [2.05, 4.69) is 11.7 Å². The van der Waals surface area contributed by atoms with E-state index < -0.39 is 6.61 Å². The number of ether oxygens (including phenoxy) is 1. The first-order valence-corrected chi connectivity index (χ1v) is 9.46. The van der Waals surface area contributed by atoms with E-state index in [-0.39, 0.29) is 11.6 Å². The van der Waals surface area contributed by atoms with Crippen LogP contribution in [-0.4, -0.2) is 6.61 Å². The minimum Gasteiger partial charge on any atom is -0.435 e. The Morgan fingerprint density at radius 2 is 1.36 bits per heavy atom. The van der Waals surface area contributed by atoms with Crippen LogP contribution in [0.5, 0.6) is 5.75 Å². The molecular formula is C24H23F3O. The van der Waals surface area contributed by atoms with Crippen LogP contribution < -0.4 is 4.74 Å². The second kappa shape index (κ2) is 9.45. The number of rotatable bonds is 8. The van der Waals surface area contributed by atoms with Gasteiger partial charge in [-0.3, -0.25) is 0 Å². The Balaban J connectivity index is 1.61. The van der Waals surface area contributed by atoms with Crippen LogP contribution in [0.1, 0.15) is 30.0 Å². The maximum Gasteiger partial charge on any atom is 0.387 e. The summed E-state index contributed by atoms with van der Waals surface area (Å²) in [4.78, 5) is 0. The Morgan fingerprint density at radius 3 is 1.93 bits per heavy atom. The maximum atomic E-state index is 14.2. The molecule has 0 bridgehead atoms. The lowest BCUT2D eigenvalue weighted by molar-refractivity contribution is -0.0498. The fourth-order valence-corrected chi connectivity index (χ4v) is 3.21. The predicted molar refractivity (Wildman–Crippen MR) is 106 cm³/mol. The molecule has 0 saturated carbocycles. The highest BCUT2D eigenvalue weighted by Gasteiger charge is 2.06. The van der Waals surface area contributed by atoms with Gasteiger partial charge in [0.15, 0.2) is 0 Å². The molecule has 0 amide bonds. The smallest absolute Gasteiger partial charge is 0.387 e. The average Bonchev–Trinajstić information content (AvgIpc) is 2.68. The third-order valence-corrected chi connectivity index (χ3v) is 4.71. The zero-order valence-electron chi connectivity index (χ0n) is 15.8. The van der Waals surface area contributed by atoms with Gasteiger partial charge in [0.2, 0.25) is 0 Å². The van der Waals surface area contributed by atoms with Crippen molar-refractivity contribution in [1.82, 2.24) is 0 Å². The Bertz CT molecular complexity index is 887. The molecule has 3 aromatic rings. The van der Waals surface area contributed by atoms with E-state index >= 15 is 0 Å². The molecule has 1 nitrogen and oxygen atoms in total.